The maximum Gasteiger partial charge on any atom is 0.267 e. The predicted octanol–water partition coefficient (Wildman–Crippen LogP) is 3.43. The predicted molar refractivity (Wildman–Crippen MR) is 84.4 cm³/mol. The summed E-state index contributed by atoms with van der Waals surface area (Å²) in [5, 5.41) is 7.13. The van der Waals surface area contributed by atoms with Crippen molar-refractivity contribution in [2.45, 2.75) is 39.3 Å². The lowest BCUT2D eigenvalue weighted by molar-refractivity contribution is 0.174. The van der Waals surface area contributed by atoms with Crippen LogP contribution in [0, 0.1) is 6.92 Å². The molecule has 0 aliphatic carbocycles. The molecule has 1 heterocycles. The molecule has 6 heteroatoms. The Balaban J connectivity index is 2.04. The van der Waals surface area contributed by atoms with E-state index in [9.17, 15) is 0 Å². The van der Waals surface area contributed by atoms with Gasteiger partial charge in [-0.15, -0.1) is 0 Å². The lowest BCUT2D eigenvalue weighted by atomic mass is 10.2. The highest BCUT2D eigenvalue weighted by Gasteiger charge is 2.18. The number of likely N-dealkylation sites (N-methyl/N-ethyl adjacent to an activating group) is 1. The Hall–Kier alpha value is -1.40. The first-order chi connectivity index (χ1) is 9.99. The number of halogens is 1. The van der Waals surface area contributed by atoms with Gasteiger partial charge < -0.3 is 14.6 Å². The van der Waals surface area contributed by atoms with Gasteiger partial charge in [-0.1, -0.05) is 11.2 Å². The molecular weight excluding hydrogens is 334 g/mol. The van der Waals surface area contributed by atoms with E-state index in [1.807, 2.05) is 39.1 Å². The van der Waals surface area contributed by atoms with Gasteiger partial charge in [0, 0.05) is 12.5 Å². The number of aryl methyl sites for hydroxylation is 1. The van der Waals surface area contributed by atoms with Crippen molar-refractivity contribution in [1.82, 2.24) is 15.5 Å². The van der Waals surface area contributed by atoms with Gasteiger partial charge in [-0.3, -0.25) is 0 Å². The topological polar surface area (TPSA) is 60.2 Å². The molecule has 114 valence electrons. The van der Waals surface area contributed by atoms with Crippen molar-refractivity contribution in [2.75, 3.05) is 7.05 Å². The van der Waals surface area contributed by atoms with E-state index in [1.54, 1.807) is 0 Å². The molecule has 0 fully saturated rings. The number of rotatable bonds is 6. The van der Waals surface area contributed by atoms with Gasteiger partial charge in [0.15, 0.2) is 11.9 Å². The van der Waals surface area contributed by atoms with Crippen LogP contribution in [0.3, 0.4) is 0 Å². The molecule has 5 nitrogen and oxygen atoms in total. The minimum absolute atomic E-state index is 0.296. The van der Waals surface area contributed by atoms with Gasteiger partial charge in [0.2, 0.25) is 0 Å². The number of ether oxygens (including phenoxy) is 1. The van der Waals surface area contributed by atoms with Crippen molar-refractivity contribution in [2.24, 2.45) is 0 Å². The highest BCUT2D eigenvalue weighted by Crippen LogP contribution is 2.29. The quantitative estimate of drug-likeness (QED) is 0.861. The number of benzene rings is 1. The highest BCUT2D eigenvalue weighted by atomic mass is 79.9. The molecule has 0 aliphatic rings. The fraction of sp³-hybridized carbons (Fsp3) is 0.467. The number of aromatic nitrogens is 2. The zero-order chi connectivity index (χ0) is 15.4. The molecule has 1 N–H and O–H groups in total. The van der Waals surface area contributed by atoms with E-state index in [4.69, 9.17) is 9.26 Å². The van der Waals surface area contributed by atoms with Gasteiger partial charge in [0.25, 0.3) is 5.89 Å². The molecule has 21 heavy (non-hydrogen) atoms. The second-order valence-electron chi connectivity index (χ2n) is 5.14. The first kappa shape index (κ1) is 16.0. The summed E-state index contributed by atoms with van der Waals surface area (Å²) in [6, 6.07) is 6.24. The molecule has 0 radical (unpaired) electrons. The number of hydrogen-bond donors (Lipinski definition) is 1. The Kier molecular flexibility index (Phi) is 5.36. The second-order valence-corrected chi connectivity index (χ2v) is 5.99. The Morgan fingerprint density at radius 2 is 2.14 bits per heavy atom. The molecule has 0 saturated carbocycles. The Morgan fingerprint density at radius 1 is 1.38 bits per heavy atom. The largest absolute Gasteiger partial charge is 0.480 e. The minimum Gasteiger partial charge on any atom is -0.480 e. The molecule has 0 saturated heterocycles. The van der Waals surface area contributed by atoms with E-state index in [-0.39, 0.29) is 6.10 Å². The standard InChI is InChI=1S/C15H20BrN3O2/c1-9-5-6-13(12(16)7-9)20-11(3)15-18-14(19-21-15)8-10(2)17-4/h5-7,10-11,17H,8H2,1-4H3. The molecule has 1 aromatic carbocycles. The average molecular weight is 354 g/mol. The van der Waals surface area contributed by atoms with Crippen LogP contribution in [0.15, 0.2) is 27.2 Å². The summed E-state index contributed by atoms with van der Waals surface area (Å²) in [5.41, 5.74) is 1.17. The summed E-state index contributed by atoms with van der Waals surface area (Å²) >= 11 is 3.50. The van der Waals surface area contributed by atoms with Crippen LogP contribution >= 0.6 is 15.9 Å². The maximum absolute atomic E-state index is 5.87. The Bertz CT molecular complexity index is 600. The van der Waals surface area contributed by atoms with E-state index < -0.39 is 0 Å². The van der Waals surface area contributed by atoms with Crippen LogP contribution in [0.4, 0.5) is 0 Å². The van der Waals surface area contributed by atoms with E-state index >= 15 is 0 Å². The third-order valence-corrected chi connectivity index (χ3v) is 3.82. The van der Waals surface area contributed by atoms with Crippen molar-refractivity contribution in [3.8, 4) is 5.75 Å². The molecule has 0 spiro atoms. The Morgan fingerprint density at radius 3 is 2.81 bits per heavy atom. The molecule has 2 unspecified atom stereocenters. The molecule has 2 atom stereocenters. The molecule has 1 aromatic heterocycles. The zero-order valence-electron chi connectivity index (χ0n) is 12.7. The van der Waals surface area contributed by atoms with Gasteiger partial charge in [-0.05, 0) is 61.4 Å². The van der Waals surface area contributed by atoms with Crippen molar-refractivity contribution in [1.29, 1.82) is 0 Å². The van der Waals surface area contributed by atoms with Crippen molar-refractivity contribution in [3.63, 3.8) is 0 Å². The highest BCUT2D eigenvalue weighted by molar-refractivity contribution is 9.10. The van der Waals surface area contributed by atoms with Crippen LogP contribution < -0.4 is 10.1 Å². The Labute approximate surface area is 133 Å². The van der Waals surface area contributed by atoms with Crippen molar-refractivity contribution >= 4 is 15.9 Å². The fourth-order valence-electron chi connectivity index (χ4n) is 1.83. The number of nitrogens with zero attached hydrogens (tertiary/aromatic N) is 2. The first-order valence-electron chi connectivity index (χ1n) is 6.92. The summed E-state index contributed by atoms with van der Waals surface area (Å²) in [7, 11) is 1.91. The summed E-state index contributed by atoms with van der Waals surface area (Å²) < 4.78 is 12.1. The first-order valence-corrected chi connectivity index (χ1v) is 7.71. The van der Waals surface area contributed by atoms with Crippen molar-refractivity contribution in [3.05, 3.63) is 40.0 Å². The third kappa shape index (κ3) is 4.28. The number of hydrogen-bond acceptors (Lipinski definition) is 5. The minimum atomic E-state index is -0.296. The number of nitrogens with one attached hydrogen (secondary N) is 1. The lowest BCUT2D eigenvalue weighted by Gasteiger charge is -2.12. The van der Waals surface area contributed by atoms with Gasteiger partial charge >= 0.3 is 0 Å². The summed E-state index contributed by atoms with van der Waals surface area (Å²) in [5.74, 6) is 1.93. The fourth-order valence-corrected chi connectivity index (χ4v) is 2.42. The van der Waals surface area contributed by atoms with Crippen molar-refractivity contribution < 1.29 is 9.26 Å². The van der Waals surface area contributed by atoms with E-state index in [1.165, 1.54) is 5.56 Å². The normalized spacial score (nSPS) is 14.0. The molecule has 0 bridgehead atoms. The lowest BCUT2D eigenvalue weighted by Crippen LogP contribution is -2.24. The van der Waals surface area contributed by atoms with Gasteiger partial charge in [0.1, 0.15) is 5.75 Å². The van der Waals surface area contributed by atoms with Gasteiger partial charge in [-0.25, -0.2) is 0 Å². The van der Waals surface area contributed by atoms with Crippen LogP contribution in [0.1, 0.15) is 37.2 Å². The molecular formula is C15H20BrN3O2. The summed E-state index contributed by atoms with van der Waals surface area (Å²) in [6.45, 7) is 6.00. The van der Waals surface area contributed by atoms with Gasteiger partial charge in [-0.2, -0.15) is 4.98 Å². The van der Waals surface area contributed by atoms with Gasteiger partial charge in [0.05, 0.1) is 4.47 Å². The third-order valence-electron chi connectivity index (χ3n) is 3.20. The van der Waals surface area contributed by atoms with Crippen LogP contribution in [0.5, 0.6) is 5.75 Å². The molecule has 0 aliphatic heterocycles. The SMILES string of the molecule is CNC(C)Cc1noc(C(C)Oc2ccc(C)cc2Br)n1. The summed E-state index contributed by atoms with van der Waals surface area (Å²) in [4.78, 5) is 4.38. The van der Waals surface area contributed by atoms with Crippen LogP contribution in [-0.2, 0) is 6.42 Å². The van der Waals surface area contributed by atoms with E-state index in [2.05, 4.69) is 38.3 Å². The molecule has 0 amide bonds. The maximum atomic E-state index is 5.87. The average Bonchev–Trinajstić information content (AvgIpc) is 2.90. The van der Waals surface area contributed by atoms with Crippen LogP contribution in [-0.4, -0.2) is 23.2 Å². The molecule has 2 rings (SSSR count). The van der Waals surface area contributed by atoms with Crippen LogP contribution in [0.25, 0.3) is 0 Å². The van der Waals surface area contributed by atoms with Crippen LogP contribution in [0.2, 0.25) is 0 Å². The molecule has 2 aromatic rings. The van der Waals surface area contributed by atoms with E-state index in [0.717, 1.165) is 16.6 Å². The second kappa shape index (κ2) is 7.04. The smallest absolute Gasteiger partial charge is 0.267 e. The summed E-state index contributed by atoms with van der Waals surface area (Å²) in [6.07, 6.45) is 0.427. The zero-order valence-corrected chi connectivity index (χ0v) is 14.3. The van der Waals surface area contributed by atoms with E-state index in [0.29, 0.717) is 17.8 Å². The monoisotopic (exact) mass is 353 g/mol.